The molecular weight excluding hydrogens is 282 g/mol. The fourth-order valence-corrected chi connectivity index (χ4v) is 3.52. The van der Waals surface area contributed by atoms with Crippen molar-refractivity contribution in [3.8, 4) is 11.8 Å². The van der Waals surface area contributed by atoms with Gasteiger partial charge in [0.05, 0.1) is 16.3 Å². The molecule has 0 bridgehead atoms. The summed E-state index contributed by atoms with van der Waals surface area (Å²) in [4.78, 5) is 16.4. The van der Waals surface area contributed by atoms with Crippen molar-refractivity contribution in [3.63, 3.8) is 0 Å². The van der Waals surface area contributed by atoms with Crippen LogP contribution in [0.15, 0.2) is 6.07 Å². The number of amides is 1. The van der Waals surface area contributed by atoms with Gasteiger partial charge in [-0.15, -0.1) is 11.3 Å². The van der Waals surface area contributed by atoms with Crippen molar-refractivity contribution >= 4 is 17.2 Å². The molecule has 0 aliphatic carbocycles. The molecule has 0 aromatic carbocycles. The van der Waals surface area contributed by atoms with E-state index in [2.05, 4.69) is 29.0 Å². The van der Waals surface area contributed by atoms with Crippen molar-refractivity contribution in [1.29, 1.82) is 0 Å². The Morgan fingerprint density at radius 3 is 3.14 bits per heavy atom. The first-order valence-corrected chi connectivity index (χ1v) is 8.28. The summed E-state index contributed by atoms with van der Waals surface area (Å²) in [7, 11) is 0. The number of rotatable bonds is 3. The first kappa shape index (κ1) is 16.0. The average Bonchev–Trinajstić information content (AvgIpc) is 2.86. The quantitative estimate of drug-likeness (QED) is 0.834. The number of aryl methyl sites for hydroxylation is 1. The van der Waals surface area contributed by atoms with Gasteiger partial charge >= 0.3 is 0 Å². The molecule has 2 rings (SSSR count). The smallest absolute Gasteiger partial charge is 0.261 e. The number of likely N-dealkylation sites (N-methyl/N-ethyl adjacent to an activating group) is 1. The van der Waals surface area contributed by atoms with Crippen molar-refractivity contribution in [2.45, 2.75) is 32.7 Å². The van der Waals surface area contributed by atoms with Crippen LogP contribution < -0.4 is 11.1 Å². The third-order valence-corrected chi connectivity index (χ3v) is 4.88. The molecule has 1 unspecified atom stereocenters. The van der Waals surface area contributed by atoms with E-state index in [-0.39, 0.29) is 11.9 Å². The first-order valence-electron chi connectivity index (χ1n) is 7.46. The summed E-state index contributed by atoms with van der Waals surface area (Å²) >= 11 is 1.45. The molecule has 0 spiro atoms. The maximum absolute atomic E-state index is 12.4. The van der Waals surface area contributed by atoms with Crippen molar-refractivity contribution in [3.05, 3.63) is 21.4 Å². The molecule has 2 heterocycles. The van der Waals surface area contributed by atoms with E-state index in [1.54, 1.807) is 0 Å². The highest BCUT2D eigenvalue weighted by molar-refractivity contribution is 7.14. The van der Waals surface area contributed by atoms with Crippen LogP contribution in [-0.2, 0) is 0 Å². The molecule has 1 amide bonds. The number of nitrogens with one attached hydrogen (secondary N) is 1. The van der Waals surface area contributed by atoms with E-state index < -0.39 is 0 Å². The van der Waals surface area contributed by atoms with Crippen LogP contribution in [0.4, 0.5) is 0 Å². The van der Waals surface area contributed by atoms with E-state index in [9.17, 15) is 4.79 Å². The maximum Gasteiger partial charge on any atom is 0.261 e. The molecule has 1 aromatic rings. The second-order valence-corrected chi connectivity index (χ2v) is 6.39. The molecule has 0 saturated carbocycles. The van der Waals surface area contributed by atoms with Gasteiger partial charge in [0.1, 0.15) is 0 Å². The summed E-state index contributed by atoms with van der Waals surface area (Å²) in [5, 5.41) is 3.15. The fraction of sp³-hybridized carbons (Fsp3) is 0.562. The SMILES string of the molecule is CCN1CCCC(NC(=O)c2cc(C)c(C#CCN)s2)C1. The lowest BCUT2D eigenvalue weighted by Crippen LogP contribution is -2.47. The maximum atomic E-state index is 12.4. The predicted octanol–water partition coefficient (Wildman–Crippen LogP) is 1.58. The second kappa shape index (κ2) is 7.60. The van der Waals surface area contributed by atoms with Gasteiger partial charge in [-0.05, 0) is 44.5 Å². The third kappa shape index (κ3) is 4.31. The summed E-state index contributed by atoms with van der Waals surface area (Å²) in [5.74, 6) is 5.89. The van der Waals surface area contributed by atoms with Crippen LogP contribution in [0.2, 0.25) is 0 Å². The van der Waals surface area contributed by atoms with E-state index >= 15 is 0 Å². The molecule has 114 valence electrons. The lowest BCUT2D eigenvalue weighted by atomic mass is 10.1. The van der Waals surface area contributed by atoms with Gasteiger partial charge in [0, 0.05) is 12.6 Å². The van der Waals surface area contributed by atoms with Crippen LogP contribution in [0.3, 0.4) is 0 Å². The van der Waals surface area contributed by atoms with Gasteiger partial charge in [-0.25, -0.2) is 0 Å². The Balaban J connectivity index is 2.00. The normalized spacial score (nSPS) is 18.9. The van der Waals surface area contributed by atoms with Crippen molar-refractivity contribution < 1.29 is 4.79 Å². The molecule has 1 saturated heterocycles. The lowest BCUT2D eigenvalue weighted by Gasteiger charge is -2.32. The molecule has 4 nitrogen and oxygen atoms in total. The zero-order chi connectivity index (χ0) is 15.2. The van der Waals surface area contributed by atoms with Gasteiger partial charge in [0.2, 0.25) is 0 Å². The number of piperidine rings is 1. The van der Waals surface area contributed by atoms with Gasteiger partial charge < -0.3 is 16.0 Å². The van der Waals surface area contributed by atoms with Crippen molar-refractivity contribution in [2.75, 3.05) is 26.2 Å². The predicted molar refractivity (Wildman–Crippen MR) is 87.6 cm³/mol. The Bertz CT molecular complexity index is 556. The van der Waals surface area contributed by atoms with E-state index in [1.807, 2.05) is 13.0 Å². The second-order valence-electron chi connectivity index (χ2n) is 5.33. The average molecular weight is 305 g/mol. The minimum absolute atomic E-state index is 0.0202. The van der Waals surface area contributed by atoms with E-state index in [0.717, 1.165) is 47.8 Å². The minimum Gasteiger partial charge on any atom is -0.347 e. The summed E-state index contributed by atoms with van der Waals surface area (Å²) in [6.07, 6.45) is 2.21. The highest BCUT2D eigenvalue weighted by atomic mass is 32.1. The molecule has 5 heteroatoms. The van der Waals surface area contributed by atoms with Gasteiger partial charge in [0.25, 0.3) is 5.91 Å². The number of nitrogens with two attached hydrogens (primary N) is 1. The van der Waals surface area contributed by atoms with Crippen LogP contribution in [0.25, 0.3) is 0 Å². The lowest BCUT2D eigenvalue weighted by molar-refractivity contribution is 0.0910. The van der Waals surface area contributed by atoms with Crippen LogP contribution in [-0.4, -0.2) is 43.0 Å². The number of nitrogens with zero attached hydrogens (tertiary/aromatic N) is 1. The molecule has 1 aliphatic rings. The largest absolute Gasteiger partial charge is 0.347 e. The van der Waals surface area contributed by atoms with E-state index in [4.69, 9.17) is 5.73 Å². The Kier molecular flexibility index (Phi) is 5.80. The Morgan fingerprint density at radius 2 is 2.43 bits per heavy atom. The topological polar surface area (TPSA) is 58.4 Å². The monoisotopic (exact) mass is 305 g/mol. The summed E-state index contributed by atoms with van der Waals surface area (Å²) < 4.78 is 0. The Morgan fingerprint density at radius 1 is 1.62 bits per heavy atom. The van der Waals surface area contributed by atoms with E-state index in [1.165, 1.54) is 11.3 Å². The molecule has 3 N–H and O–H groups in total. The number of likely N-dealkylation sites (tertiary alicyclic amines) is 1. The van der Waals surface area contributed by atoms with Crippen LogP contribution in [0.1, 0.15) is 39.9 Å². The van der Waals surface area contributed by atoms with E-state index in [0.29, 0.717) is 6.54 Å². The van der Waals surface area contributed by atoms with Gasteiger partial charge in [-0.1, -0.05) is 18.8 Å². The zero-order valence-corrected chi connectivity index (χ0v) is 13.6. The van der Waals surface area contributed by atoms with Crippen LogP contribution in [0, 0.1) is 18.8 Å². The molecular formula is C16H23N3OS. The van der Waals surface area contributed by atoms with Gasteiger partial charge in [-0.2, -0.15) is 0 Å². The molecule has 1 fully saturated rings. The first-order chi connectivity index (χ1) is 10.1. The minimum atomic E-state index is 0.0202. The molecule has 21 heavy (non-hydrogen) atoms. The molecule has 1 aliphatic heterocycles. The number of carbonyl (C=O) groups excluding carboxylic acids is 1. The van der Waals surface area contributed by atoms with Crippen molar-refractivity contribution in [2.24, 2.45) is 5.73 Å². The molecule has 1 aromatic heterocycles. The summed E-state index contributed by atoms with van der Waals surface area (Å²) in [5.41, 5.74) is 6.44. The zero-order valence-electron chi connectivity index (χ0n) is 12.7. The number of carbonyl (C=O) groups is 1. The third-order valence-electron chi connectivity index (χ3n) is 3.73. The Hall–Kier alpha value is -1.35. The Labute approximate surface area is 130 Å². The fourth-order valence-electron chi connectivity index (χ4n) is 2.57. The highest BCUT2D eigenvalue weighted by Gasteiger charge is 2.21. The molecule has 0 radical (unpaired) electrons. The summed E-state index contributed by atoms with van der Waals surface area (Å²) in [6.45, 7) is 7.62. The van der Waals surface area contributed by atoms with Crippen LogP contribution >= 0.6 is 11.3 Å². The van der Waals surface area contributed by atoms with Crippen molar-refractivity contribution in [1.82, 2.24) is 10.2 Å². The van der Waals surface area contributed by atoms with Crippen LogP contribution in [0.5, 0.6) is 0 Å². The van der Waals surface area contributed by atoms with Gasteiger partial charge in [0.15, 0.2) is 0 Å². The number of hydrogen-bond acceptors (Lipinski definition) is 4. The summed E-state index contributed by atoms with van der Waals surface area (Å²) in [6, 6.07) is 2.17. The number of hydrogen-bond donors (Lipinski definition) is 2. The van der Waals surface area contributed by atoms with Gasteiger partial charge in [-0.3, -0.25) is 4.79 Å². The standard InChI is InChI=1S/C16H23N3OS/c1-3-19-9-5-6-13(11-19)18-16(20)15-10-12(2)14(21-15)7-4-8-17/h10,13H,3,5-6,8-9,11,17H2,1-2H3,(H,18,20). The molecule has 1 atom stereocenters. The highest BCUT2D eigenvalue weighted by Crippen LogP contribution is 2.21. The number of thiophene rings is 1.